The van der Waals surface area contributed by atoms with Crippen molar-refractivity contribution in [2.45, 2.75) is 89.7 Å². The van der Waals surface area contributed by atoms with E-state index in [0.717, 1.165) is 57.2 Å². The van der Waals surface area contributed by atoms with Crippen molar-refractivity contribution in [2.75, 3.05) is 53.4 Å². The summed E-state index contributed by atoms with van der Waals surface area (Å²) in [6.07, 6.45) is 11.1. The van der Waals surface area contributed by atoms with E-state index < -0.39 is 0 Å². The number of nitrogens with one attached hydrogen (secondary N) is 3. The molecule has 0 radical (unpaired) electrons. The lowest BCUT2D eigenvalue weighted by atomic mass is 9.77. The molecule has 3 fully saturated rings. The average molecular weight is 424 g/mol. The van der Waals surface area contributed by atoms with Gasteiger partial charge in [-0.25, -0.2) is 0 Å². The van der Waals surface area contributed by atoms with E-state index in [0.29, 0.717) is 12.1 Å². The van der Waals surface area contributed by atoms with Crippen LogP contribution in [0, 0.1) is 11.8 Å². The van der Waals surface area contributed by atoms with Crippen molar-refractivity contribution < 1.29 is 4.74 Å². The highest BCUT2D eigenvalue weighted by molar-refractivity contribution is 4.87. The summed E-state index contributed by atoms with van der Waals surface area (Å²) in [5.41, 5.74) is 0. The molecule has 6 nitrogen and oxygen atoms in total. The summed E-state index contributed by atoms with van der Waals surface area (Å²) in [5, 5.41) is 11.3. The predicted molar refractivity (Wildman–Crippen MR) is 126 cm³/mol. The molecule has 6 heteroatoms. The first kappa shape index (κ1) is 24.4. The van der Waals surface area contributed by atoms with Crippen LogP contribution in [-0.4, -0.2) is 87.7 Å². The number of hydrogen-bond donors (Lipinski definition) is 3. The zero-order chi connectivity index (χ0) is 21.3. The van der Waals surface area contributed by atoms with E-state index in [9.17, 15) is 0 Å². The van der Waals surface area contributed by atoms with Gasteiger partial charge in [0, 0.05) is 31.7 Å². The third-order valence-corrected chi connectivity index (χ3v) is 8.04. The molecule has 0 atom stereocenters. The fraction of sp³-hybridized carbons (Fsp3) is 1.00. The van der Waals surface area contributed by atoms with Crippen molar-refractivity contribution in [1.29, 1.82) is 0 Å². The van der Waals surface area contributed by atoms with Gasteiger partial charge in [0.15, 0.2) is 0 Å². The van der Waals surface area contributed by atoms with Crippen molar-refractivity contribution in [3.05, 3.63) is 0 Å². The fourth-order valence-electron chi connectivity index (χ4n) is 5.74. The maximum Gasteiger partial charge on any atom is 0.112 e. The quantitative estimate of drug-likeness (QED) is 0.502. The van der Waals surface area contributed by atoms with Crippen LogP contribution < -0.4 is 16.0 Å². The first-order valence-corrected chi connectivity index (χ1v) is 12.8. The van der Waals surface area contributed by atoms with Gasteiger partial charge in [0.25, 0.3) is 0 Å². The molecule has 0 bridgehead atoms. The summed E-state index contributed by atoms with van der Waals surface area (Å²) in [5.74, 6) is 1.69. The van der Waals surface area contributed by atoms with Gasteiger partial charge in [-0.2, -0.15) is 0 Å². The maximum atomic E-state index is 6.16. The summed E-state index contributed by atoms with van der Waals surface area (Å²) in [6, 6.07) is 1.42. The van der Waals surface area contributed by atoms with E-state index in [1.54, 1.807) is 0 Å². The van der Waals surface area contributed by atoms with Gasteiger partial charge >= 0.3 is 0 Å². The molecule has 3 aliphatic rings. The molecule has 176 valence electrons. The Hall–Kier alpha value is -0.240. The lowest BCUT2D eigenvalue weighted by Crippen LogP contribution is -2.63. The van der Waals surface area contributed by atoms with E-state index in [2.05, 4.69) is 53.7 Å². The first-order chi connectivity index (χ1) is 14.6. The first-order valence-electron chi connectivity index (χ1n) is 12.8. The van der Waals surface area contributed by atoms with Crippen LogP contribution in [0.5, 0.6) is 0 Å². The van der Waals surface area contributed by atoms with Crippen LogP contribution >= 0.6 is 0 Å². The highest BCUT2D eigenvalue weighted by Crippen LogP contribution is 2.32. The molecule has 0 aromatic heterocycles. The molecule has 0 aromatic carbocycles. The minimum Gasteiger partial charge on any atom is -0.377 e. The second-order valence-corrected chi connectivity index (χ2v) is 10.1. The third-order valence-electron chi connectivity index (χ3n) is 8.04. The minimum absolute atomic E-state index is 0.282. The predicted octanol–water partition coefficient (Wildman–Crippen LogP) is 2.46. The second-order valence-electron chi connectivity index (χ2n) is 10.1. The molecule has 2 saturated carbocycles. The van der Waals surface area contributed by atoms with Crippen molar-refractivity contribution in [1.82, 2.24) is 25.8 Å². The highest BCUT2D eigenvalue weighted by Gasteiger charge is 2.32. The van der Waals surface area contributed by atoms with Crippen molar-refractivity contribution in [3.63, 3.8) is 0 Å². The van der Waals surface area contributed by atoms with Gasteiger partial charge in [-0.05, 0) is 90.4 Å². The molecule has 0 unspecified atom stereocenters. The fourth-order valence-corrected chi connectivity index (χ4v) is 5.74. The van der Waals surface area contributed by atoms with E-state index in [1.165, 1.54) is 51.4 Å². The van der Waals surface area contributed by atoms with Crippen LogP contribution in [0.1, 0.15) is 65.2 Å². The standard InChI is InChI=1S/C24H49N5O/c1-5-29(6-2)15-16-30-23-13-9-21(10-14-23)27-24-25-17-20(18-26-24)19-7-11-22(12-8-19)28(3)4/h19-27H,5-18H2,1-4H3. The Morgan fingerprint density at radius 3 is 2.03 bits per heavy atom. The molecule has 1 heterocycles. The minimum atomic E-state index is 0.282. The van der Waals surface area contributed by atoms with Gasteiger partial charge in [0.2, 0.25) is 0 Å². The van der Waals surface area contributed by atoms with Gasteiger partial charge in [-0.15, -0.1) is 0 Å². The number of rotatable bonds is 10. The van der Waals surface area contributed by atoms with E-state index in [-0.39, 0.29) is 6.29 Å². The molecule has 2 aliphatic carbocycles. The molecular weight excluding hydrogens is 374 g/mol. The molecule has 0 spiro atoms. The molecule has 3 rings (SSSR count). The summed E-state index contributed by atoms with van der Waals surface area (Å²) in [4.78, 5) is 4.85. The number of hydrogen-bond acceptors (Lipinski definition) is 6. The van der Waals surface area contributed by atoms with Gasteiger partial charge < -0.3 is 14.5 Å². The topological polar surface area (TPSA) is 51.8 Å². The van der Waals surface area contributed by atoms with Gasteiger partial charge in [0.1, 0.15) is 6.29 Å². The average Bonchev–Trinajstić information content (AvgIpc) is 2.78. The Balaban J connectivity index is 1.26. The van der Waals surface area contributed by atoms with Gasteiger partial charge in [-0.3, -0.25) is 16.0 Å². The van der Waals surface area contributed by atoms with Crippen molar-refractivity contribution >= 4 is 0 Å². The zero-order valence-electron chi connectivity index (χ0n) is 20.2. The normalized spacial score (nSPS) is 35.8. The molecule has 0 aromatic rings. The van der Waals surface area contributed by atoms with Gasteiger partial charge in [0.05, 0.1) is 12.7 Å². The summed E-state index contributed by atoms with van der Waals surface area (Å²) < 4.78 is 6.16. The van der Waals surface area contributed by atoms with Crippen molar-refractivity contribution in [3.8, 4) is 0 Å². The molecule has 3 N–H and O–H groups in total. The van der Waals surface area contributed by atoms with E-state index >= 15 is 0 Å². The summed E-state index contributed by atoms with van der Waals surface area (Å²) in [7, 11) is 4.47. The Kier molecular flexibility index (Phi) is 10.3. The number of ether oxygens (including phenoxy) is 1. The van der Waals surface area contributed by atoms with E-state index in [4.69, 9.17) is 4.74 Å². The zero-order valence-corrected chi connectivity index (χ0v) is 20.2. The van der Waals surface area contributed by atoms with E-state index in [1.807, 2.05) is 0 Å². The van der Waals surface area contributed by atoms with Crippen molar-refractivity contribution in [2.24, 2.45) is 11.8 Å². The SMILES string of the molecule is CCN(CC)CCOC1CCC(NC2NCC(C3CCC(N(C)C)CC3)CN2)CC1. The highest BCUT2D eigenvalue weighted by atomic mass is 16.5. The van der Waals surface area contributed by atoms with Crippen LogP contribution in [0.15, 0.2) is 0 Å². The molecule has 0 amide bonds. The van der Waals surface area contributed by atoms with Crippen LogP contribution in [0.4, 0.5) is 0 Å². The van der Waals surface area contributed by atoms with Crippen LogP contribution in [-0.2, 0) is 4.74 Å². The number of nitrogens with zero attached hydrogens (tertiary/aromatic N) is 2. The second kappa shape index (κ2) is 12.7. The molecule has 1 saturated heterocycles. The lowest BCUT2D eigenvalue weighted by molar-refractivity contribution is 0.0100. The Morgan fingerprint density at radius 2 is 1.47 bits per heavy atom. The Labute approximate surface area is 185 Å². The molecule has 30 heavy (non-hydrogen) atoms. The molecule has 1 aliphatic heterocycles. The smallest absolute Gasteiger partial charge is 0.112 e. The largest absolute Gasteiger partial charge is 0.377 e. The Morgan fingerprint density at radius 1 is 0.833 bits per heavy atom. The number of likely N-dealkylation sites (N-methyl/N-ethyl adjacent to an activating group) is 1. The van der Waals surface area contributed by atoms with Crippen LogP contribution in [0.3, 0.4) is 0 Å². The summed E-state index contributed by atoms with van der Waals surface area (Å²) in [6.45, 7) is 11.0. The Bertz CT molecular complexity index is 449. The van der Waals surface area contributed by atoms with Crippen LogP contribution in [0.2, 0.25) is 0 Å². The monoisotopic (exact) mass is 423 g/mol. The molecular formula is C24H49N5O. The van der Waals surface area contributed by atoms with Crippen LogP contribution in [0.25, 0.3) is 0 Å². The van der Waals surface area contributed by atoms with Gasteiger partial charge in [-0.1, -0.05) is 13.8 Å². The third kappa shape index (κ3) is 7.42. The lowest BCUT2D eigenvalue weighted by Gasteiger charge is -2.41. The maximum absolute atomic E-state index is 6.16. The summed E-state index contributed by atoms with van der Waals surface area (Å²) >= 11 is 0.